The summed E-state index contributed by atoms with van der Waals surface area (Å²) in [6.07, 6.45) is 4.71. The lowest BCUT2D eigenvalue weighted by atomic mass is 9.71. The zero-order valence-electron chi connectivity index (χ0n) is 18.1. The molecule has 1 aromatic heterocycles. The molecule has 3 atom stereocenters. The first-order valence-corrected chi connectivity index (χ1v) is 11.1. The van der Waals surface area contributed by atoms with E-state index in [0.717, 1.165) is 48.6 Å². The van der Waals surface area contributed by atoms with E-state index in [2.05, 4.69) is 0 Å². The van der Waals surface area contributed by atoms with Gasteiger partial charge in [0.25, 0.3) is 5.91 Å². The number of carbonyl (C=O) groups excluding carboxylic acids is 1. The van der Waals surface area contributed by atoms with E-state index in [0.29, 0.717) is 30.8 Å². The van der Waals surface area contributed by atoms with Crippen molar-refractivity contribution in [1.29, 1.82) is 0 Å². The molecule has 6 nitrogen and oxygen atoms in total. The first kappa shape index (κ1) is 20.9. The number of rotatable bonds is 4. The highest BCUT2D eigenvalue weighted by atomic mass is 16.5. The highest BCUT2D eigenvalue weighted by Crippen LogP contribution is 2.40. The van der Waals surface area contributed by atoms with Gasteiger partial charge in [-0.25, -0.2) is 4.79 Å². The Morgan fingerprint density at radius 2 is 2.17 bits per heavy atom. The maximum atomic E-state index is 13.1. The zero-order chi connectivity index (χ0) is 21.5. The van der Waals surface area contributed by atoms with Crippen LogP contribution in [0.3, 0.4) is 0 Å². The molecule has 0 radical (unpaired) electrons. The van der Waals surface area contributed by atoms with E-state index < -0.39 is 11.7 Å². The summed E-state index contributed by atoms with van der Waals surface area (Å²) in [6.45, 7) is 6.76. The van der Waals surface area contributed by atoms with E-state index in [9.17, 15) is 14.7 Å². The van der Waals surface area contributed by atoms with Crippen molar-refractivity contribution in [3.05, 3.63) is 39.7 Å². The number of aryl methyl sites for hydroxylation is 2. The van der Waals surface area contributed by atoms with Crippen LogP contribution in [0.1, 0.15) is 57.1 Å². The molecule has 1 saturated heterocycles. The molecular formula is C24H31NO5. The minimum Gasteiger partial charge on any atom is -0.480 e. The topological polar surface area (TPSA) is 80.0 Å². The zero-order valence-corrected chi connectivity index (χ0v) is 18.1. The first-order chi connectivity index (χ1) is 14.3. The van der Waals surface area contributed by atoms with Gasteiger partial charge in [0.05, 0.1) is 5.60 Å². The second kappa shape index (κ2) is 8.06. The summed E-state index contributed by atoms with van der Waals surface area (Å²) in [7, 11) is 0. The number of hydrogen-bond donors (Lipinski definition) is 1. The van der Waals surface area contributed by atoms with Crippen LogP contribution in [0.2, 0.25) is 0 Å². The average Bonchev–Trinajstić information content (AvgIpc) is 2.74. The Labute approximate surface area is 176 Å². The molecule has 6 heteroatoms. The van der Waals surface area contributed by atoms with Crippen molar-refractivity contribution >= 4 is 16.9 Å². The van der Waals surface area contributed by atoms with Crippen LogP contribution in [0, 0.1) is 12.8 Å². The Morgan fingerprint density at radius 3 is 2.93 bits per heavy atom. The Balaban J connectivity index is 1.51. The van der Waals surface area contributed by atoms with E-state index in [1.165, 1.54) is 6.07 Å². The van der Waals surface area contributed by atoms with Crippen molar-refractivity contribution in [2.45, 2.75) is 71.0 Å². The van der Waals surface area contributed by atoms with Crippen LogP contribution in [0.4, 0.5) is 0 Å². The largest absolute Gasteiger partial charge is 0.480 e. The molecule has 1 aliphatic heterocycles. The predicted molar refractivity (Wildman–Crippen MR) is 115 cm³/mol. The van der Waals surface area contributed by atoms with Gasteiger partial charge in [0.2, 0.25) is 0 Å². The van der Waals surface area contributed by atoms with Gasteiger partial charge in [0.1, 0.15) is 11.3 Å². The fourth-order valence-corrected chi connectivity index (χ4v) is 5.10. The molecule has 0 bridgehead atoms. The lowest BCUT2D eigenvalue weighted by Crippen LogP contribution is -2.56. The minimum atomic E-state index is -0.656. The molecular weight excluding hydrogens is 382 g/mol. The van der Waals surface area contributed by atoms with Crippen molar-refractivity contribution in [3.63, 3.8) is 0 Å². The standard InChI is InChI=1S/C24H31NO5/c1-4-17-13-21(26)30-22-15(2)20(9-8-19(17)22)29-16(3)23(27)25-12-11-24(28)10-6-5-7-18(24)14-25/h8-9,13,16,18,28H,4-7,10-12,14H2,1-3H3/t16-,18+,24+/m0/s1. The summed E-state index contributed by atoms with van der Waals surface area (Å²) < 4.78 is 11.5. The van der Waals surface area contributed by atoms with Gasteiger partial charge < -0.3 is 19.2 Å². The van der Waals surface area contributed by atoms with Crippen molar-refractivity contribution in [1.82, 2.24) is 4.90 Å². The van der Waals surface area contributed by atoms with Crippen LogP contribution in [0.15, 0.2) is 27.4 Å². The summed E-state index contributed by atoms with van der Waals surface area (Å²) >= 11 is 0. The number of amides is 1. The fourth-order valence-electron chi connectivity index (χ4n) is 5.10. The molecule has 0 unspecified atom stereocenters. The molecule has 2 fully saturated rings. The van der Waals surface area contributed by atoms with Crippen LogP contribution in [-0.4, -0.2) is 40.7 Å². The Bertz CT molecular complexity index is 1010. The Hall–Kier alpha value is -2.34. The van der Waals surface area contributed by atoms with Gasteiger partial charge in [-0.2, -0.15) is 0 Å². The number of carbonyl (C=O) groups is 1. The molecule has 162 valence electrons. The summed E-state index contributed by atoms with van der Waals surface area (Å²) in [4.78, 5) is 26.8. The van der Waals surface area contributed by atoms with Crippen LogP contribution < -0.4 is 10.4 Å². The van der Waals surface area contributed by atoms with Crippen LogP contribution in [0.25, 0.3) is 11.0 Å². The smallest absolute Gasteiger partial charge is 0.336 e. The van der Waals surface area contributed by atoms with Gasteiger partial charge in [0, 0.05) is 36.0 Å². The van der Waals surface area contributed by atoms with E-state index >= 15 is 0 Å². The number of piperidine rings is 1. The number of nitrogens with zero attached hydrogens (tertiary/aromatic N) is 1. The first-order valence-electron chi connectivity index (χ1n) is 11.1. The number of hydrogen-bond acceptors (Lipinski definition) is 5. The summed E-state index contributed by atoms with van der Waals surface area (Å²) in [6, 6.07) is 5.26. The van der Waals surface area contributed by atoms with Crippen molar-refractivity contribution in [3.8, 4) is 5.75 Å². The van der Waals surface area contributed by atoms with E-state index in [-0.39, 0.29) is 17.5 Å². The molecule has 1 saturated carbocycles. The quantitative estimate of drug-likeness (QED) is 0.775. The van der Waals surface area contributed by atoms with Gasteiger partial charge in [0.15, 0.2) is 6.10 Å². The Morgan fingerprint density at radius 1 is 1.37 bits per heavy atom. The lowest BCUT2D eigenvalue weighted by Gasteiger charge is -2.47. The monoisotopic (exact) mass is 413 g/mol. The van der Waals surface area contributed by atoms with E-state index in [1.807, 2.05) is 30.9 Å². The summed E-state index contributed by atoms with van der Waals surface area (Å²) in [5.74, 6) is 0.636. The summed E-state index contributed by atoms with van der Waals surface area (Å²) in [5.41, 5.74) is 1.19. The molecule has 30 heavy (non-hydrogen) atoms. The van der Waals surface area contributed by atoms with Crippen molar-refractivity contribution < 1.29 is 19.1 Å². The number of fused-ring (bicyclic) bond motifs is 2. The number of likely N-dealkylation sites (tertiary alicyclic amines) is 1. The molecule has 1 aliphatic carbocycles. The summed E-state index contributed by atoms with van der Waals surface area (Å²) in [5, 5.41) is 11.8. The van der Waals surface area contributed by atoms with Crippen molar-refractivity contribution in [2.24, 2.45) is 5.92 Å². The van der Waals surface area contributed by atoms with Crippen LogP contribution >= 0.6 is 0 Å². The third-order valence-corrected chi connectivity index (χ3v) is 6.97. The molecule has 1 aromatic carbocycles. The van der Waals surface area contributed by atoms with Crippen LogP contribution in [0.5, 0.6) is 5.75 Å². The number of aliphatic hydroxyl groups is 1. The molecule has 2 aliphatic rings. The normalized spacial score (nSPS) is 25.1. The molecule has 1 N–H and O–H groups in total. The fraction of sp³-hybridized carbons (Fsp3) is 0.583. The maximum absolute atomic E-state index is 13.1. The molecule has 1 amide bonds. The minimum absolute atomic E-state index is 0.0640. The predicted octanol–water partition coefficient (Wildman–Crippen LogP) is 3.58. The van der Waals surface area contributed by atoms with Crippen molar-refractivity contribution in [2.75, 3.05) is 13.1 Å². The second-order valence-corrected chi connectivity index (χ2v) is 8.85. The molecule has 2 aromatic rings. The Kier molecular flexibility index (Phi) is 5.62. The van der Waals surface area contributed by atoms with Gasteiger partial charge in [-0.15, -0.1) is 0 Å². The highest BCUT2D eigenvalue weighted by molar-refractivity contribution is 5.85. The van der Waals surface area contributed by atoms with Crippen LogP contribution in [-0.2, 0) is 11.2 Å². The van der Waals surface area contributed by atoms with E-state index in [4.69, 9.17) is 9.15 Å². The highest BCUT2D eigenvalue weighted by Gasteiger charge is 2.44. The third-order valence-electron chi connectivity index (χ3n) is 6.97. The van der Waals surface area contributed by atoms with Gasteiger partial charge in [-0.05, 0) is 57.2 Å². The second-order valence-electron chi connectivity index (χ2n) is 8.85. The molecule has 4 rings (SSSR count). The molecule has 2 heterocycles. The van der Waals surface area contributed by atoms with Gasteiger partial charge in [-0.1, -0.05) is 19.8 Å². The SMILES string of the molecule is CCc1cc(=O)oc2c(C)c(O[C@@H](C)C(=O)N3CC[C@]4(O)CCCC[C@@H]4C3)ccc12. The molecule has 0 spiro atoms. The average molecular weight is 414 g/mol. The van der Waals surface area contributed by atoms with Gasteiger partial charge >= 0.3 is 5.63 Å². The lowest BCUT2D eigenvalue weighted by molar-refractivity contribution is -0.149. The number of benzene rings is 1. The van der Waals surface area contributed by atoms with E-state index in [1.54, 1.807) is 6.92 Å². The third kappa shape index (κ3) is 3.73. The number of ether oxygens (including phenoxy) is 1. The maximum Gasteiger partial charge on any atom is 0.336 e. The van der Waals surface area contributed by atoms with Gasteiger partial charge in [-0.3, -0.25) is 4.79 Å².